The maximum Gasteiger partial charge on any atom is 0.337 e. The van der Waals surface area contributed by atoms with Crippen LogP contribution in [0.4, 0.5) is 24.5 Å². The van der Waals surface area contributed by atoms with E-state index >= 15 is 0 Å². The third kappa shape index (κ3) is 4.64. The number of rotatable bonds is 7. The fourth-order valence-electron chi connectivity index (χ4n) is 1.94. The Hall–Kier alpha value is -2.34. The van der Waals surface area contributed by atoms with Crippen molar-refractivity contribution >= 4 is 46.1 Å². The fraction of sp³-hybridized carbons (Fsp3) is 0.125. The lowest BCUT2D eigenvalue weighted by atomic mass is 10.1. The van der Waals surface area contributed by atoms with Crippen LogP contribution in [0, 0.1) is 21.0 Å². The summed E-state index contributed by atoms with van der Waals surface area (Å²) in [6.07, 6.45) is 0.774. The molecule has 0 aliphatic carbocycles. The van der Waals surface area contributed by atoms with Crippen LogP contribution < -0.4 is 5.32 Å². The van der Waals surface area contributed by atoms with Crippen molar-refractivity contribution in [3.8, 4) is 0 Å². The van der Waals surface area contributed by atoms with Crippen molar-refractivity contribution in [1.82, 2.24) is 0 Å². The minimum atomic E-state index is -1.55. The lowest BCUT2D eigenvalue weighted by Crippen LogP contribution is -2.10. The molecule has 0 saturated carbocycles. The van der Waals surface area contributed by atoms with Crippen molar-refractivity contribution in [2.75, 3.05) is 18.5 Å². The first-order valence-corrected chi connectivity index (χ1v) is 8.16. The molecule has 0 aliphatic rings. The monoisotopic (exact) mass is 480 g/mol. The number of carboxylic acid groups (broad SMARTS) is 1. The Labute approximate surface area is 159 Å². The number of aromatic carboxylic acids is 1. The second-order valence-corrected chi connectivity index (χ2v) is 6.11. The van der Waals surface area contributed by atoms with Gasteiger partial charge in [-0.3, -0.25) is 0 Å². The first kappa shape index (κ1) is 20.0. The molecule has 138 valence electrons. The van der Waals surface area contributed by atoms with Gasteiger partial charge in [0.15, 0.2) is 11.6 Å². The molecule has 2 aromatic rings. The normalized spacial score (nSPS) is 11.0. The minimum absolute atomic E-state index is 0.169. The van der Waals surface area contributed by atoms with E-state index in [0.717, 1.165) is 18.3 Å². The Balaban J connectivity index is 2.47. The molecule has 0 spiro atoms. The predicted molar refractivity (Wildman–Crippen MR) is 96.3 cm³/mol. The average molecular weight is 480 g/mol. The van der Waals surface area contributed by atoms with Crippen molar-refractivity contribution in [2.24, 2.45) is 5.16 Å². The van der Waals surface area contributed by atoms with Crippen LogP contribution >= 0.6 is 22.6 Å². The first-order valence-electron chi connectivity index (χ1n) is 7.08. The topological polar surface area (TPSA) is 91.2 Å². The van der Waals surface area contributed by atoms with E-state index in [-0.39, 0.29) is 18.9 Å². The van der Waals surface area contributed by atoms with Crippen LogP contribution in [-0.2, 0) is 4.84 Å². The second kappa shape index (κ2) is 8.85. The van der Waals surface area contributed by atoms with Crippen molar-refractivity contribution in [3.63, 3.8) is 0 Å². The summed E-state index contributed by atoms with van der Waals surface area (Å²) in [6, 6.07) is 4.77. The number of hydrogen-bond acceptors (Lipinski definition) is 5. The van der Waals surface area contributed by atoms with E-state index in [2.05, 4.69) is 15.3 Å². The first-order chi connectivity index (χ1) is 12.3. The summed E-state index contributed by atoms with van der Waals surface area (Å²) in [5, 5.41) is 23.4. The van der Waals surface area contributed by atoms with Crippen LogP contribution in [0.1, 0.15) is 15.9 Å². The highest BCUT2D eigenvalue weighted by molar-refractivity contribution is 14.1. The molecule has 10 heteroatoms. The van der Waals surface area contributed by atoms with Gasteiger partial charge in [-0.05, 0) is 46.9 Å². The Morgan fingerprint density at radius 1 is 1.27 bits per heavy atom. The molecular weight excluding hydrogens is 468 g/mol. The van der Waals surface area contributed by atoms with Gasteiger partial charge in [-0.1, -0.05) is 5.16 Å². The molecule has 0 amide bonds. The van der Waals surface area contributed by atoms with Crippen LogP contribution in [0.3, 0.4) is 0 Å². The largest absolute Gasteiger partial charge is 0.478 e. The van der Waals surface area contributed by atoms with Gasteiger partial charge in [-0.2, -0.15) is 0 Å². The predicted octanol–water partition coefficient (Wildman–Crippen LogP) is 3.49. The van der Waals surface area contributed by atoms with E-state index in [4.69, 9.17) is 5.11 Å². The number of aliphatic hydroxyl groups is 1. The van der Waals surface area contributed by atoms with Crippen molar-refractivity contribution in [1.29, 1.82) is 0 Å². The van der Waals surface area contributed by atoms with Gasteiger partial charge < -0.3 is 20.4 Å². The molecule has 0 bridgehead atoms. The molecule has 0 radical (unpaired) electrons. The van der Waals surface area contributed by atoms with E-state index in [1.165, 1.54) is 12.1 Å². The molecule has 0 fully saturated rings. The maximum atomic E-state index is 14.4. The smallest absolute Gasteiger partial charge is 0.337 e. The average Bonchev–Trinajstić information content (AvgIpc) is 2.59. The Morgan fingerprint density at radius 3 is 2.62 bits per heavy atom. The molecule has 3 N–H and O–H groups in total. The number of halogens is 4. The van der Waals surface area contributed by atoms with Crippen LogP contribution in [0.25, 0.3) is 0 Å². The zero-order valence-corrected chi connectivity index (χ0v) is 15.1. The molecule has 0 saturated heterocycles. The zero-order valence-electron chi connectivity index (χ0n) is 13.0. The summed E-state index contributed by atoms with van der Waals surface area (Å²) in [5.41, 5.74) is -2.03. The number of aliphatic hydroxyl groups excluding tert-OH is 1. The van der Waals surface area contributed by atoms with Gasteiger partial charge in [0.1, 0.15) is 12.4 Å². The Bertz CT molecular complexity index is 862. The molecular formula is C16H12F3IN2O4. The summed E-state index contributed by atoms with van der Waals surface area (Å²) < 4.78 is 43.1. The molecule has 2 rings (SSSR count). The Kier molecular flexibility index (Phi) is 6.80. The molecule has 2 aromatic carbocycles. The van der Waals surface area contributed by atoms with E-state index in [1.807, 2.05) is 22.6 Å². The van der Waals surface area contributed by atoms with Crippen LogP contribution in [0.5, 0.6) is 0 Å². The third-order valence-electron chi connectivity index (χ3n) is 3.10. The van der Waals surface area contributed by atoms with Crippen LogP contribution in [-0.4, -0.2) is 35.6 Å². The molecule has 0 aliphatic heterocycles. The van der Waals surface area contributed by atoms with Gasteiger partial charge >= 0.3 is 5.97 Å². The summed E-state index contributed by atoms with van der Waals surface area (Å²) in [5.74, 6) is -5.20. The second-order valence-electron chi connectivity index (χ2n) is 4.86. The number of anilines is 2. The summed E-state index contributed by atoms with van der Waals surface area (Å²) in [4.78, 5) is 16.0. The molecule has 26 heavy (non-hydrogen) atoms. The van der Waals surface area contributed by atoms with E-state index < -0.39 is 40.2 Å². The highest BCUT2D eigenvalue weighted by Gasteiger charge is 2.22. The highest BCUT2D eigenvalue weighted by Crippen LogP contribution is 2.30. The van der Waals surface area contributed by atoms with Crippen LogP contribution in [0.2, 0.25) is 0 Å². The molecule has 0 unspecified atom stereocenters. The van der Waals surface area contributed by atoms with Gasteiger partial charge in [0.2, 0.25) is 0 Å². The van der Waals surface area contributed by atoms with Gasteiger partial charge in [-0.25, -0.2) is 18.0 Å². The van der Waals surface area contributed by atoms with Gasteiger partial charge in [0.05, 0.1) is 29.8 Å². The standard InChI is InChI=1S/C16H12F3IN2O4/c17-11-6-9(20)1-2-12(11)22-15-10(16(24)25)5-8(13(18)14(15)19)7-21-26-4-3-23/h1-2,5-7,22-23H,3-4H2,(H,24,25)/b21-7+. The lowest BCUT2D eigenvalue weighted by molar-refractivity contribution is 0.0697. The van der Waals surface area contributed by atoms with Gasteiger partial charge in [0.25, 0.3) is 0 Å². The third-order valence-corrected chi connectivity index (χ3v) is 3.78. The summed E-state index contributed by atoms with van der Waals surface area (Å²) in [6.45, 7) is -0.503. The van der Waals surface area contributed by atoms with E-state index in [9.17, 15) is 23.1 Å². The van der Waals surface area contributed by atoms with E-state index in [0.29, 0.717) is 3.57 Å². The zero-order chi connectivity index (χ0) is 19.3. The van der Waals surface area contributed by atoms with Crippen molar-refractivity contribution in [2.45, 2.75) is 0 Å². The SMILES string of the molecule is O=C(O)c1cc(/C=N/OCCO)c(F)c(F)c1Nc1ccc(I)cc1F. The summed E-state index contributed by atoms with van der Waals surface area (Å²) >= 11 is 1.87. The van der Waals surface area contributed by atoms with Crippen LogP contribution in [0.15, 0.2) is 29.4 Å². The highest BCUT2D eigenvalue weighted by atomic mass is 127. The Morgan fingerprint density at radius 2 is 2.00 bits per heavy atom. The summed E-state index contributed by atoms with van der Waals surface area (Å²) in [7, 11) is 0. The number of nitrogens with zero attached hydrogens (tertiary/aromatic N) is 1. The molecule has 0 heterocycles. The molecule has 6 nitrogen and oxygen atoms in total. The quantitative estimate of drug-likeness (QED) is 0.244. The number of carbonyl (C=O) groups is 1. The van der Waals surface area contributed by atoms with Crippen molar-refractivity contribution < 1.29 is 33.0 Å². The number of carboxylic acids is 1. The lowest BCUT2D eigenvalue weighted by Gasteiger charge is -2.13. The van der Waals surface area contributed by atoms with E-state index in [1.54, 1.807) is 0 Å². The number of hydrogen-bond donors (Lipinski definition) is 3. The number of oxime groups is 1. The minimum Gasteiger partial charge on any atom is -0.478 e. The van der Waals surface area contributed by atoms with Gasteiger partial charge in [0, 0.05) is 9.13 Å². The van der Waals surface area contributed by atoms with Crippen molar-refractivity contribution in [3.05, 3.63) is 56.4 Å². The molecule has 0 atom stereocenters. The number of nitrogens with one attached hydrogen (secondary N) is 1. The van der Waals surface area contributed by atoms with Gasteiger partial charge in [-0.15, -0.1) is 0 Å². The maximum absolute atomic E-state index is 14.4. The number of benzene rings is 2. The fourth-order valence-corrected chi connectivity index (χ4v) is 2.40. The molecule has 0 aromatic heterocycles.